The number of ether oxygens (including phenoxy) is 1. The highest BCUT2D eigenvalue weighted by atomic mass is 32.1. The minimum atomic E-state index is -2.79. The number of thiol groups is 1. The van der Waals surface area contributed by atoms with Gasteiger partial charge in [-0.1, -0.05) is 30.4 Å². The van der Waals surface area contributed by atoms with Gasteiger partial charge in [-0.3, -0.25) is 0 Å². The summed E-state index contributed by atoms with van der Waals surface area (Å²) in [6.07, 6.45) is 4.43. The zero-order valence-corrected chi connectivity index (χ0v) is 8.96. The van der Waals surface area contributed by atoms with Gasteiger partial charge in [-0.15, -0.1) is 0 Å². The Bertz CT molecular complexity index is 326. The third-order valence-corrected chi connectivity index (χ3v) is 1.99. The smallest absolute Gasteiger partial charge is 0.387 e. The number of halogens is 2. The molecule has 82 valence electrons. The van der Waals surface area contributed by atoms with Crippen LogP contribution < -0.4 is 4.74 Å². The van der Waals surface area contributed by atoms with Gasteiger partial charge in [0.2, 0.25) is 0 Å². The van der Waals surface area contributed by atoms with E-state index in [0.717, 1.165) is 12.2 Å². The molecule has 1 aromatic rings. The lowest BCUT2D eigenvalue weighted by atomic mass is 10.2. The molecule has 0 atom stereocenters. The van der Waals surface area contributed by atoms with Crippen molar-refractivity contribution in [3.05, 3.63) is 35.9 Å². The van der Waals surface area contributed by atoms with Gasteiger partial charge in [-0.05, 0) is 18.2 Å². The minimum Gasteiger partial charge on any atom is -0.434 e. The van der Waals surface area contributed by atoms with Crippen molar-refractivity contribution in [3.63, 3.8) is 0 Å². The van der Waals surface area contributed by atoms with Crippen molar-refractivity contribution < 1.29 is 13.5 Å². The zero-order valence-electron chi connectivity index (χ0n) is 8.07. The number of rotatable bonds is 5. The molecule has 0 saturated heterocycles. The molecule has 0 aromatic heterocycles. The van der Waals surface area contributed by atoms with Crippen molar-refractivity contribution >= 4 is 18.7 Å². The molecule has 0 unspecified atom stereocenters. The van der Waals surface area contributed by atoms with Crippen LogP contribution in [0.15, 0.2) is 30.3 Å². The van der Waals surface area contributed by atoms with E-state index in [-0.39, 0.29) is 5.75 Å². The Morgan fingerprint density at radius 3 is 2.73 bits per heavy atom. The van der Waals surface area contributed by atoms with Crippen molar-refractivity contribution in [1.29, 1.82) is 0 Å². The van der Waals surface area contributed by atoms with Gasteiger partial charge in [0.05, 0.1) is 0 Å². The van der Waals surface area contributed by atoms with Gasteiger partial charge in [-0.2, -0.15) is 21.4 Å². The molecule has 15 heavy (non-hydrogen) atoms. The Labute approximate surface area is 93.2 Å². The second-order valence-corrected chi connectivity index (χ2v) is 3.28. The Hall–Kier alpha value is -1.03. The molecule has 0 bridgehead atoms. The Kier molecular flexibility index (Phi) is 5.18. The van der Waals surface area contributed by atoms with E-state index in [4.69, 9.17) is 0 Å². The molecule has 0 saturated carbocycles. The van der Waals surface area contributed by atoms with Crippen LogP contribution >= 0.6 is 12.6 Å². The summed E-state index contributed by atoms with van der Waals surface area (Å²) in [5.74, 6) is 0.928. The van der Waals surface area contributed by atoms with Crippen LogP contribution in [0.25, 0.3) is 6.08 Å². The van der Waals surface area contributed by atoms with E-state index < -0.39 is 6.61 Å². The zero-order chi connectivity index (χ0) is 11.1. The summed E-state index contributed by atoms with van der Waals surface area (Å²) in [6.45, 7) is -2.79. The van der Waals surface area contributed by atoms with Gasteiger partial charge in [0, 0.05) is 5.56 Å². The third-order valence-electron chi connectivity index (χ3n) is 1.73. The molecule has 0 aliphatic rings. The molecule has 0 radical (unpaired) electrons. The van der Waals surface area contributed by atoms with Crippen LogP contribution in [0.5, 0.6) is 5.75 Å². The predicted molar refractivity (Wildman–Crippen MR) is 60.6 cm³/mol. The van der Waals surface area contributed by atoms with E-state index in [1.165, 1.54) is 6.07 Å². The largest absolute Gasteiger partial charge is 0.434 e. The minimum absolute atomic E-state index is 0.197. The van der Waals surface area contributed by atoms with Gasteiger partial charge in [0.15, 0.2) is 0 Å². The van der Waals surface area contributed by atoms with Crippen molar-refractivity contribution in [1.82, 2.24) is 0 Å². The fourth-order valence-electron chi connectivity index (χ4n) is 1.11. The maximum absolute atomic E-state index is 12.0. The number of hydrogen-bond donors (Lipinski definition) is 1. The van der Waals surface area contributed by atoms with Crippen molar-refractivity contribution in [2.75, 3.05) is 5.75 Å². The molecular weight excluding hydrogens is 218 g/mol. The second-order valence-electron chi connectivity index (χ2n) is 2.83. The third kappa shape index (κ3) is 4.34. The van der Waals surface area contributed by atoms with Gasteiger partial charge >= 0.3 is 6.61 Å². The number of hydrogen-bond acceptors (Lipinski definition) is 2. The standard InChI is InChI=1S/C11H12F2OS/c12-11(13)14-10-7-2-1-5-9(10)6-3-4-8-15/h1-3,5-7,11,15H,4,8H2. The summed E-state index contributed by atoms with van der Waals surface area (Å²) in [5.41, 5.74) is 0.652. The molecule has 4 heteroatoms. The van der Waals surface area contributed by atoms with Crippen LogP contribution in [0.3, 0.4) is 0 Å². The summed E-state index contributed by atoms with van der Waals surface area (Å²) in [6, 6.07) is 6.69. The summed E-state index contributed by atoms with van der Waals surface area (Å²) in [4.78, 5) is 0. The fourth-order valence-corrected chi connectivity index (χ4v) is 1.26. The van der Waals surface area contributed by atoms with Crippen molar-refractivity contribution in [2.24, 2.45) is 0 Å². The van der Waals surface area contributed by atoms with E-state index >= 15 is 0 Å². The van der Waals surface area contributed by atoms with Crippen LogP contribution in [-0.4, -0.2) is 12.4 Å². The van der Waals surface area contributed by atoms with Crippen LogP contribution in [0.4, 0.5) is 8.78 Å². The lowest BCUT2D eigenvalue weighted by Crippen LogP contribution is -2.02. The van der Waals surface area contributed by atoms with Gasteiger partial charge < -0.3 is 4.74 Å². The quantitative estimate of drug-likeness (QED) is 0.760. The predicted octanol–water partition coefficient (Wildman–Crippen LogP) is 3.62. The molecule has 1 aromatic carbocycles. The average molecular weight is 230 g/mol. The van der Waals surface area contributed by atoms with Crippen LogP contribution in [0.1, 0.15) is 12.0 Å². The Morgan fingerprint density at radius 1 is 1.33 bits per heavy atom. The number of allylic oxidation sites excluding steroid dienone is 1. The van der Waals surface area contributed by atoms with Crippen molar-refractivity contribution in [3.8, 4) is 5.75 Å². The van der Waals surface area contributed by atoms with Gasteiger partial charge in [-0.25, -0.2) is 0 Å². The van der Waals surface area contributed by atoms with E-state index in [9.17, 15) is 8.78 Å². The average Bonchev–Trinajstić information content (AvgIpc) is 2.20. The fraction of sp³-hybridized carbons (Fsp3) is 0.273. The number of para-hydroxylation sites is 1. The highest BCUT2D eigenvalue weighted by Crippen LogP contribution is 2.21. The SMILES string of the molecule is FC(F)Oc1ccccc1C=CCCS. The summed E-state index contributed by atoms with van der Waals surface area (Å²) >= 11 is 4.05. The molecule has 0 amide bonds. The monoisotopic (exact) mass is 230 g/mol. The van der Waals surface area contributed by atoms with Crippen LogP contribution in [0.2, 0.25) is 0 Å². The van der Waals surface area contributed by atoms with E-state index in [0.29, 0.717) is 5.56 Å². The highest BCUT2D eigenvalue weighted by molar-refractivity contribution is 7.80. The van der Waals surface area contributed by atoms with Crippen molar-refractivity contribution in [2.45, 2.75) is 13.0 Å². The molecule has 0 fully saturated rings. The van der Waals surface area contributed by atoms with Crippen LogP contribution in [0, 0.1) is 0 Å². The Morgan fingerprint density at radius 2 is 2.07 bits per heavy atom. The van der Waals surface area contributed by atoms with Crippen LogP contribution in [-0.2, 0) is 0 Å². The number of benzene rings is 1. The summed E-state index contributed by atoms with van der Waals surface area (Å²) in [5, 5.41) is 0. The highest BCUT2D eigenvalue weighted by Gasteiger charge is 2.06. The summed E-state index contributed by atoms with van der Waals surface area (Å²) < 4.78 is 28.4. The molecule has 1 nitrogen and oxygen atoms in total. The van der Waals surface area contributed by atoms with E-state index in [2.05, 4.69) is 17.4 Å². The van der Waals surface area contributed by atoms with Gasteiger partial charge in [0.1, 0.15) is 5.75 Å². The number of alkyl halides is 2. The molecule has 0 N–H and O–H groups in total. The topological polar surface area (TPSA) is 9.23 Å². The van der Waals surface area contributed by atoms with E-state index in [1.807, 2.05) is 6.08 Å². The first-order chi connectivity index (χ1) is 7.24. The first-order valence-electron chi connectivity index (χ1n) is 4.55. The molecular formula is C11H12F2OS. The Balaban J connectivity index is 2.76. The summed E-state index contributed by atoms with van der Waals surface area (Å²) in [7, 11) is 0. The molecule has 1 rings (SSSR count). The van der Waals surface area contributed by atoms with Gasteiger partial charge in [0.25, 0.3) is 0 Å². The first kappa shape index (κ1) is 12.0. The normalized spacial score (nSPS) is 11.2. The van der Waals surface area contributed by atoms with E-state index in [1.54, 1.807) is 24.3 Å². The molecule has 0 aliphatic heterocycles. The molecule has 0 heterocycles. The lowest BCUT2D eigenvalue weighted by molar-refractivity contribution is -0.0499. The molecule has 0 spiro atoms. The first-order valence-corrected chi connectivity index (χ1v) is 5.18. The maximum atomic E-state index is 12.0. The lowest BCUT2D eigenvalue weighted by Gasteiger charge is -2.07. The molecule has 0 aliphatic carbocycles. The maximum Gasteiger partial charge on any atom is 0.387 e. The second kappa shape index (κ2) is 6.45.